The smallest absolute Gasteiger partial charge is 0.254 e. The van der Waals surface area contributed by atoms with Crippen molar-refractivity contribution in [2.75, 3.05) is 32.7 Å². The fourth-order valence-electron chi connectivity index (χ4n) is 4.66. The van der Waals surface area contributed by atoms with Crippen LogP contribution in [0.1, 0.15) is 53.2 Å². The molecule has 28 heavy (non-hydrogen) atoms. The Hall–Kier alpha value is -2.41. The third kappa shape index (κ3) is 2.98. The van der Waals surface area contributed by atoms with Gasteiger partial charge in [0.1, 0.15) is 5.41 Å². The molecule has 0 bridgehead atoms. The molecule has 3 aliphatic heterocycles. The molecule has 0 spiro atoms. The molecule has 3 amide bonds. The van der Waals surface area contributed by atoms with Gasteiger partial charge in [-0.1, -0.05) is 17.7 Å². The fraction of sp³-hybridized carbons (Fsp3) is 0.571. The van der Waals surface area contributed by atoms with Crippen LogP contribution in [0.5, 0.6) is 0 Å². The van der Waals surface area contributed by atoms with Gasteiger partial charge in [-0.25, -0.2) is 0 Å². The number of likely N-dealkylation sites (tertiary alicyclic amines) is 2. The second-order valence-corrected chi connectivity index (χ2v) is 8.27. The number of hydrogen-bond acceptors (Lipinski definition) is 4. The molecule has 3 N–H and O–H groups in total. The predicted molar refractivity (Wildman–Crippen MR) is 105 cm³/mol. The van der Waals surface area contributed by atoms with Crippen molar-refractivity contribution >= 4 is 17.7 Å². The van der Waals surface area contributed by atoms with E-state index in [1.54, 1.807) is 4.90 Å². The van der Waals surface area contributed by atoms with E-state index < -0.39 is 11.3 Å². The molecular formula is C21H28N4O3. The number of carbonyl (C=O) groups is 3. The van der Waals surface area contributed by atoms with E-state index in [4.69, 9.17) is 5.73 Å². The van der Waals surface area contributed by atoms with Crippen molar-refractivity contribution in [3.63, 3.8) is 0 Å². The summed E-state index contributed by atoms with van der Waals surface area (Å²) in [7, 11) is 0. The summed E-state index contributed by atoms with van der Waals surface area (Å²) in [6, 6.07) is 5.70. The summed E-state index contributed by atoms with van der Waals surface area (Å²) < 4.78 is 0. The molecule has 7 heteroatoms. The first-order valence-corrected chi connectivity index (χ1v) is 10.2. The van der Waals surface area contributed by atoms with Crippen molar-refractivity contribution in [2.24, 2.45) is 11.1 Å². The quantitative estimate of drug-likeness (QED) is 0.756. The molecule has 3 heterocycles. The largest absolute Gasteiger partial charge is 0.369 e. The molecule has 3 fully saturated rings. The molecule has 4 rings (SSSR count). The Morgan fingerprint density at radius 2 is 1.93 bits per heavy atom. The van der Waals surface area contributed by atoms with Gasteiger partial charge in [0, 0.05) is 31.7 Å². The highest BCUT2D eigenvalue weighted by Gasteiger charge is 2.52. The third-order valence-electron chi connectivity index (χ3n) is 6.51. The first-order chi connectivity index (χ1) is 13.4. The summed E-state index contributed by atoms with van der Waals surface area (Å²) in [5.74, 6) is -0.727. The van der Waals surface area contributed by atoms with E-state index in [0.29, 0.717) is 25.1 Å². The van der Waals surface area contributed by atoms with Gasteiger partial charge in [-0.2, -0.15) is 0 Å². The summed E-state index contributed by atoms with van der Waals surface area (Å²) in [6.07, 6.45) is 3.29. The van der Waals surface area contributed by atoms with Gasteiger partial charge in [-0.3, -0.25) is 14.4 Å². The molecule has 7 nitrogen and oxygen atoms in total. The van der Waals surface area contributed by atoms with Crippen molar-refractivity contribution in [1.29, 1.82) is 0 Å². The number of nitrogens with zero attached hydrogens (tertiary/aromatic N) is 2. The van der Waals surface area contributed by atoms with Gasteiger partial charge in [-0.15, -0.1) is 0 Å². The summed E-state index contributed by atoms with van der Waals surface area (Å²) in [4.78, 5) is 42.1. The molecule has 1 aromatic rings. The lowest BCUT2D eigenvalue weighted by Gasteiger charge is -2.45. The number of carbonyl (C=O) groups excluding carboxylic acids is 3. The van der Waals surface area contributed by atoms with Crippen molar-refractivity contribution in [2.45, 2.75) is 38.6 Å². The van der Waals surface area contributed by atoms with Gasteiger partial charge < -0.3 is 20.9 Å². The minimum absolute atomic E-state index is 0.0441. The maximum atomic E-state index is 13.3. The maximum absolute atomic E-state index is 13.3. The fourth-order valence-corrected chi connectivity index (χ4v) is 4.66. The highest BCUT2D eigenvalue weighted by Crippen LogP contribution is 2.40. The normalized spacial score (nSPS) is 27.0. The monoisotopic (exact) mass is 384 g/mol. The van der Waals surface area contributed by atoms with Crippen molar-refractivity contribution in [3.8, 4) is 0 Å². The van der Waals surface area contributed by atoms with Crippen molar-refractivity contribution in [1.82, 2.24) is 15.1 Å². The van der Waals surface area contributed by atoms with Crippen LogP contribution in [0.2, 0.25) is 0 Å². The Kier molecular flexibility index (Phi) is 4.87. The number of amides is 3. The highest BCUT2D eigenvalue weighted by atomic mass is 16.2. The molecule has 150 valence electrons. The molecule has 2 unspecified atom stereocenters. The standard InChI is InChI=1S/C21H28N4O3/c1-14-4-5-15(16(12-14)18(26)24-9-2-3-10-24)17-6-11-25(17)20(28)21(19(22)27)7-8-23-13-21/h4-5,12,17,23H,2-3,6-11,13H2,1H3,(H2,22,27). The van der Waals surface area contributed by atoms with E-state index in [2.05, 4.69) is 5.32 Å². The van der Waals surface area contributed by atoms with Crippen LogP contribution in [0, 0.1) is 12.3 Å². The van der Waals surface area contributed by atoms with Crippen molar-refractivity contribution < 1.29 is 14.4 Å². The van der Waals surface area contributed by atoms with E-state index in [1.165, 1.54) is 0 Å². The van der Waals surface area contributed by atoms with E-state index >= 15 is 0 Å². The molecule has 3 aliphatic rings. The Morgan fingerprint density at radius 1 is 1.18 bits per heavy atom. The van der Waals surface area contributed by atoms with Crippen LogP contribution in [0.15, 0.2) is 18.2 Å². The Morgan fingerprint density at radius 3 is 2.50 bits per heavy atom. The third-order valence-corrected chi connectivity index (χ3v) is 6.51. The minimum Gasteiger partial charge on any atom is -0.369 e. The highest BCUT2D eigenvalue weighted by molar-refractivity contribution is 6.05. The van der Waals surface area contributed by atoms with Crippen LogP contribution in [-0.4, -0.2) is 60.2 Å². The number of hydrogen-bond donors (Lipinski definition) is 2. The molecule has 0 saturated carbocycles. The molecular weight excluding hydrogens is 356 g/mol. The van der Waals surface area contributed by atoms with Gasteiger partial charge >= 0.3 is 0 Å². The van der Waals surface area contributed by atoms with Crippen molar-refractivity contribution in [3.05, 3.63) is 34.9 Å². The zero-order valence-electron chi connectivity index (χ0n) is 16.4. The average molecular weight is 384 g/mol. The number of aryl methyl sites for hydroxylation is 1. The summed E-state index contributed by atoms with van der Waals surface area (Å²) in [6.45, 7) is 5.03. The molecule has 2 atom stereocenters. The lowest BCUT2D eigenvalue weighted by atomic mass is 9.81. The minimum atomic E-state index is -1.16. The summed E-state index contributed by atoms with van der Waals surface area (Å²) >= 11 is 0. The maximum Gasteiger partial charge on any atom is 0.254 e. The number of nitrogens with two attached hydrogens (primary N) is 1. The van der Waals surface area contributed by atoms with Gasteiger partial charge in [0.05, 0.1) is 6.04 Å². The lowest BCUT2D eigenvalue weighted by Crippen LogP contribution is -2.57. The van der Waals surface area contributed by atoms with Crippen LogP contribution in [-0.2, 0) is 9.59 Å². The zero-order valence-corrected chi connectivity index (χ0v) is 16.4. The molecule has 0 radical (unpaired) electrons. The van der Waals surface area contributed by atoms with E-state index in [9.17, 15) is 14.4 Å². The zero-order chi connectivity index (χ0) is 19.9. The van der Waals surface area contributed by atoms with E-state index in [-0.39, 0.29) is 24.4 Å². The Labute approximate surface area is 165 Å². The molecule has 0 aromatic heterocycles. The van der Waals surface area contributed by atoms with E-state index in [1.807, 2.05) is 30.0 Å². The number of benzene rings is 1. The second-order valence-electron chi connectivity index (χ2n) is 8.27. The Bertz CT molecular complexity index is 810. The Balaban J connectivity index is 1.63. The van der Waals surface area contributed by atoms with Gasteiger partial charge in [0.15, 0.2) is 0 Å². The van der Waals surface area contributed by atoms with Gasteiger partial charge in [-0.05, 0) is 50.8 Å². The first kappa shape index (κ1) is 18.9. The van der Waals surface area contributed by atoms with Crippen LogP contribution >= 0.6 is 0 Å². The lowest BCUT2D eigenvalue weighted by molar-refractivity contribution is -0.154. The van der Waals surface area contributed by atoms with Crippen LogP contribution < -0.4 is 11.1 Å². The molecule has 3 saturated heterocycles. The molecule has 1 aromatic carbocycles. The second kappa shape index (κ2) is 7.20. The number of primary amides is 1. The van der Waals surface area contributed by atoms with Crippen LogP contribution in [0.4, 0.5) is 0 Å². The predicted octanol–water partition coefficient (Wildman–Crippen LogP) is 0.969. The SMILES string of the molecule is Cc1ccc(C2CCN2C(=O)C2(C(N)=O)CCNC2)c(C(=O)N2CCCC2)c1. The topological polar surface area (TPSA) is 95.7 Å². The number of nitrogens with one attached hydrogen (secondary N) is 1. The average Bonchev–Trinajstić information content (AvgIpc) is 3.34. The van der Waals surface area contributed by atoms with Crippen LogP contribution in [0.3, 0.4) is 0 Å². The number of rotatable bonds is 4. The van der Waals surface area contributed by atoms with Gasteiger partial charge in [0.2, 0.25) is 11.8 Å². The van der Waals surface area contributed by atoms with Crippen LogP contribution in [0.25, 0.3) is 0 Å². The van der Waals surface area contributed by atoms with Gasteiger partial charge in [0.25, 0.3) is 5.91 Å². The first-order valence-electron chi connectivity index (χ1n) is 10.2. The summed E-state index contributed by atoms with van der Waals surface area (Å²) in [5, 5.41) is 3.10. The van der Waals surface area contributed by atoms with E-state index in [0.717, 1.165) is 43.5 Å². The molecule has 0 aliphatic carbocycles. The summed E-state index contributed by atoms with van der Waals surface area (Å²) in [5.41, 5.74) is 7.05.